The zero-order valence-corrected chi connectivity index (χ0v) is 14.0. The summed E-state index contributed by atoms with van der Waals surface area (Å²) in [5, 5.41) is 9.98. The van der Waals surface area contributed by atoms with Gasteiger partial charge in [-0.3, -0.25) is 0 Å². The van der Waals surface area contributed by atoms with E-state index >= 15 is 0 Å². The van der Waals surface area contributed by atoms with Crippen molar-refractivity contribution in [1.82, 2.24) is 9.97 Å². The molecule has 0 atom stereocenters. The largest absolute Gasteiger partial charge is 0.444 e. The van der Waals surface area contributed by atoms with Crippen molar-refractivity contribution in [2.45, 2.75) is 24.6 Å². The van der Waals surface area contributed by atoms with Gasteiger partial charge in [0.1, 0.15) is 23.2 Å². The summed E-state index contributed by atoms with van der Waals surface area (Å²) in [5.74, 6) is 0.558. The maximum atomic E-state index is 13.3. The number of hydrogen-bond acceptors (Lipinski definition) is 5. The molecule has 2 aromatic heterocycles. The van der Waals surface area contributed by atoms with E-state index in [0.717, 1.165) is 11.3 Å². The van der Waals surface area contributed by atoms with Crippen molar-refractivity contribution in [3.05, 3.63) is 64.9 Å². The molecular formula is C18H14FN3OS. The van der Waals surface area contributed by atoms with E-state index in [0.29, 0.717) is 33.5 Å². The molecule has 0 saturated heterocycles. The highest BCUT2D eigenvalue weighted by Crippen LogP contribution is 2.28. The Hall–Kier alpha value is -2.65. The molecule has 0 aliphatic carbocycles. The van der Waals surface area contributed by atoms with Crippen LogP contribution in [-0.4, -0.2) is 9.97 Å². The van der Waals surface area contributed by atoms with Gasteiger partial charge in [-0.25, -0.2) is 14.4 Å². The van der Waals surface area contributed by atoms with E-state index in [4.69, 9.17) is 4.42 Å². The van der Waals surface area contributed by atoms with E-state index in [-0.39, 0.29) is 5.82 Å². The Morgan fingerprint density at radius 1 is 1.25 bits per heavy atom. The first-order chi connectivity index (χ1) is 11.6. The zero-order chi connectivity index (χ0) is 17.1. The van der Waals surface area contributed by atoms with Crippen molar-refractivity contribution in [3.8, 4) is 17.5 Å². The van der Waals surface area contributed by atoms with Crippen LogP contribution in [0.3, 0.4) is 0 Å². The van der Waals surface area contributed by atoms with Crippen molar-refractivity contribution < 1.29 is 8.81 Å². The smallest absolute Gasteiger partial charge is 0.226 e. The van der Waals surface area contributed by atoms with Gasteiger partial charge in [0.05, 0.1) is 11.3 Å². The summed E-state index contributed by atoms with van der Waals surface area (Å²) in [4.78, 5) is 8.80. The Morgan fingerprint density at radius 3 is 2.83 bits per heavy atom. The highest BCUT2D eigenvalue weighted by Gasteiger charge is 2.12. The highest BCUT2D eigenvalue weighted by atomic mass is 32.2. The van der Waals surface area contributed by atoms with Gasteiger partial charge in [-0.15, -0.1) is 0 Å². The monoisotopic (exact) mass is 339 g/mol. The van der Waals surface area contributed by atoms with E-state index in [1.807, 2.05) is 19.9 Å². The van der Waals surface area contributed by atoms with Crippen molar-refractivity contribution >= 4 is 11.8 Å². The number of benzene rings is 1. The van der Waals surface area contributed by atoms with Crippen molar-refractivity contribution in [1.29, 1.82) is 5.26 Å². The average molecular weight is 339 g/mol. The number of hydrogen-bond donors (Lipinski definition) is 0. The molecule has 6 heteroatoms. The van der Waals surface area contributed by atoms with Crippen LogP contribution in [0.2, 0.25) is 0 Å². The van der Waals surface area contributed by atoms with Gasteiger partial charge in [0.15, 0.2) is 0 Å². The molecule has 1 aromatic carbocycles. The molecule has 3 rings (SSSR count). The van der Waals surface area contributed by atoms with E-state index in [2.05, 4.69) is 16.0 Å². The van der Waals surface area contributed by atoms with Crippen LogP contribution in [0.4, 0.5) is 4.39 Å². The number of aryl methyl sites for hydroxylation is 2. The number of nitrogens with zero attached hydrogens (tertiary/aromatic N) is 3. The van der Waals surface area contributed by atoms with Gasteiger partial charge in [0.25, 0.3) is 0 Å². The van der Waals surface area contributed by atoms with E-state index in [1.54, 1.807) is 18.4 Å². The number of aromatic nitrogens is 2. The Bertz CT molecular complexity index is 930. The molecular weight excluding hydrogens is 325 g/mol. The maximum absolute atomic E-state index is 13.3. The molecule has 0 saturated carbocycles. The molecule has 4 nitrogen and oxygen atoms in total. The second-order valence-corrected chi connectivity index (χ2v) is 6.28. The SMILES string of the molecule is Cc1cc(C)c(C#N)c(SCc2coc(-c3cccc(F)c3)n2)n1. The first kappa shape index (κ1) is 16.2. The summed E-state index contributed by atoms with van der Waals surface area (Å²) in [6.07, 6.45) is 1.54. The van der Waals surface area contributed by atoms with Crippen LogP contribution in [0.1, 0.15) is 22.5 Å². The average Bonchev–Trinajstić information content (AvgIpc) is 3.01. The molecule has 0 radical (unpaired) electrons. The molecule has 120 valence electrons. The Morgan fingerprint density at radius 2 is 2.08 bits per heavy atom. The number of halogens is 1. The number of pyridine rings is 1. The lowest BCUT2D eigenvalue weighted by Crippen LogP contribution is -1.94. The third-order valence-corrected chi connectivity index (χ3v) is 4.41. The maximum Gasteiger partial charge on any atom is 0.226 e. The molecule has 0 fully saturated rings. The Kier molecular flexibility index (Phi) is 4.63. The third kappa shape index (κ3) is 3.47. The molecule has 0 aliphatic rings. The van der Waals surface area contributed by atoms with E-state index < -0.39 is 0 Å². The summed E-state index contributed by atoms with van der Waals surface area (Å²) in [7, 11) is 0. The highest BCUT2D eigenvalue weighted by molar-refractivity contribution is 7.98. The van der Waals surface area contributed by atoms with Crippen molar-refractivity contribution in [2.75, 3.05) is 0 Å². The predicted octanol–water partition coefficient (Wildman–Crippen LogP) is 4.66. The lowest BCUT2D eigenvalue weighted by molar-refractivity contribution is 0.571. The second-order valence-electron chi connectivity index (χ2n) is 5.32. The fourth-order valence-corrected chi connectivity index (χ4v) is 3.29. The predicted molar refractivity (Wildman–Crippen MR) is 89.9 cm³/mol. The van der Waals surface area contributed by atoms with Crippen LogP contribution in [0.5, 0.6) is 0 Å². The van der Waals surface area contributed by atoms with Crippen LogP contribution in [-0.2, 0) is 5.75 Å². The first-order valence-electron chi connectivity index (χ1n) is 7.28. The normalized spacial score (nSPS) is 10.6. The summed E-state index contributed by atoms with van der Waals surface area (Å²) in [5.41, 5.74) is 3.67. The van der Waals surface area contributed by atoms with Gasteiger partial charge in [-0.2, -0.15) is 5.26 Å². The summed E-state index contributed by atoms with van der Waals surface area (Å²) in [6.45, 7) is 3.80. The lowest BCUT2D eigenvalue weighted by atomic mass is 10.1. The molecule has 24 heavy (non-hydrogen) atoms. The fraction of sp³-hybridized carbons (Fsp3) is 0.167. The summed E-state index contributed by atoms with van der Waals surface area (Å²) >= 11 is 1.43. The molecule has 3 aromatic rings. The minimum Gasteiger partial charge on any atom is -0.444 e. The van der Waals surface area contributed by atoms with Crippen molar-refractivity contribution in [3.63, 3.8) is 0 Å². The van der Waals surface area contributed by atoms with Gasteiger partial charge in [-0.1, -0.05) is 17.8 Å². The molecule has 2 heterocycles. The minimum absolute atomic E-state index is 0.334. The Balaban J connectivity index is 1.78. The minimum atomic E-state index is -0.334. The first-order valence-corrected chi connectivity index (χ1v) is 8.27. The Labute approximate surface area is 143 Å². The van der Waals surface area contributed by atoms with E-state index in [1.165, 1.54) is 23.9 Å². The number of thioether (sulfide) groups is 1. The fourth-order valence-electron chi connectivity index (χ4n) is 2.31. The van der Waals surface area contributed by atoms with Crippen LogP contribution >= 0.6 is 11.8 Å². The lowest BCUT2D eigenvalue weighted by Gasteiger charge is -2.06. The van der Waals surface area contributed by atoms with Gasteiger partial charge in [-0.05, 0) is 43.7 Å². The third-order valence-electron chi connectivity index (χ3n) is 3.40. The molecule has 0 N–H and O–H groups in total. The standard InChI is InChI=1S/C18H14FN3OS/c1-11-6-12(2)21-18(16(11)8-20)24-10-15-9-23-17(22-15)13-4-3-5-14(19)7-13/h3-7,9H,10H2,1-2H3. The molecule has 0 bridgehead atoms. The molecule has 0 amide bonds. The molecule has 0 spiro atoms. The van der Waals surface area contributed by atoms with E-state index in [9.17, 15) is 9.65 Å². The van der Waals surface area contributed by atoms with Crippen LogP contribution in [0.15, 0.2) is 46.0 Å². The van der Waals surface area contributed by atoms with Crippen LogP contribution in [0, 0.1) is 31.0 Å². The van der Waals surface area contributed by atoms with Gasteiger partial charge in [0, 0.05) is 17.0 Å². The van der Waals surface area contributed by atoms with Crippen molar-refractivity contribution in [2.24, 2.45) is 0 Å². The van der Waals surface area contributed by atoms with Gasteiger partial charge < -0.3 is 4.42 Å². The number of nitriles is 1. The molecule has 0 unspecified atom stereocenters. The van der Waals surface area contributed by atoms with Gasteiger partial charge in [0.2, 0.25) is 5.89 Å². The quantitative estimate of drug-likeness (QED) is 0.647. The van der Waals surface area contributed by atoms with Crippen LogP contribution < -0.4 is 0 Å². The second kappa shape index (κ2) is 6.85. The van der Waals surface area contributed by atoms with Gasteiger partial charge >= 0.3 is 0 Å². The number of oxazole rings is 1. The zero-order valence-electron chi connectivity index (χ0n) is 13.2. The topological polar surface area (TPSA) is 62.7 Å². The van der Waals surface area contributed by atoms with Crippen LogP contribution in [0.25, 0.3) is 11.5 Å². The summed E-state index contributed by atoms with van der Waals surface area (Å²) < 4.78 is 18.7. The molecule has 0 aliphatic heterocycles. The summed E-state index contributed by atoms with van der Waals surface area (Å²) in [6, 6.07) is 10.2. The number of rotatable bonds is 4.